The first-order valence-corrected chi connectivity index (χ1v) is 6.27. The van der Waals surface area contributed by atoms with Crippen molar-refractivity contribution in [1.82, 2.24) is 0 Å². The summed E-state index contributed by atoms with van der Waals surface area (Å²) in [7, 11) is 0. The molecule has 0 atom stereocenters. The lowest BCUT2D eigenvalue weighted by atomic mass is 9.88. The molecule has 4 nitrogen and oxygen atoms in total. The first-order valence-electron chi connectivity index (χ1n) is 6.27. The Morgan fingerprint density at radius 2 is 1.95 bits per heavy atom. The minimum absolute atomic E-state index is 0.0479. The molecule has 0 radical (unpaired) electrons. The second kappa shape index (κ2) is 4.99. The number of amides is 1. The Bertz CT molecular complexity index is 521. The van der Waals surface area contributed by atoms with Crippen LogP contribution in [0.4, 0.5) is 10.1 Å². The Kier molecular flexibility index (Phi) is 3.55. The first kappa shape index (κ1) is 13.5. The zero-order valence-corrected chi connectivity index (χ0v) is 10.7. The smallest absolute Gasteiger partial charge is 0.335 e. The minimum atomic E-state index is -1.15. The Morgan fingerprint density at radius 3 is 2.53 bits per heavy atom. The van der Waals surface area contributed by atoms with Crippen LogP contribution in [0.1, 0.15) is 43.0 Å². The molecule has 1 aromatic rings. The van der Waals surface area contributed by atoms with Crippen LogP contribution in [0.5, 0.6) is 0 Å². The van der Waals surface area contributed by atoms with Crippen LogP contribution in [0.15, 0.2) is 18.2 Å². The van der Waals surface area contributed by atoms with Crippen LogP contribution in [0.3, 0.4) is 0 Å². The predicted molar refractivity (Wildman–Crippen MR) is 68.6 cm³/mol. The molecule has 1 amide bonds. The zero-order chi connectivity index (χ0) is 14.0. The molecule has 0 aromatic heterocycles. The molecular formula is C14H16FNO3. The van der Waals surface area contributed by atoms with Crippen LogP contribution in [0, 0.1) is 11.2 Å². The number of carbonyl (C=O) groups excluding carboxylic acids is 1. The monoisotopic (exact) mass is 265 g/mol. The van der Waals surface area contributed by atoms with Crippen LogP contribution in [-0.4, -0.2) is 17.0 Å². The first-order chi connectivity index (χ1) is 8.92. The van der Waals surface area contributed by atoms with Crippen molar-refractivity contribution in [2.24, 2.45) is 5.41 Å². The number of nitrogens with one attached hydrogen (secondary N) is 1. The number of hydrogen-bond donors (Lipinski definition) is 2. The van der Waals surface area contributed by atoms with Gasteiger partial charge in [-0.25, -0.2) is 9.18 Å². The van der Waals surface area contributed by atoms with Gasteiger partial charge in [-0.15, -0.1) is 0 Å². The average Bonchev–Trinajstić information content (AvgIpc) is 2.80. The van der Waals surface area contributed by atoms with Gasteiger partial charge >= 0.3 is 5.97 Å². The Labute approximate surface area is 110 Å². The Balaban J connectivity index is 2.20. The van der Waals surface area contributed by atoms with Crippen LogP contribution >= 0.6 is 0 Å². The molecular weight excluding hydrogens is 249 g/mol. The van der Waals surface area contributed by atoms with Gasteiger partial charge in [-0.2, -0.15) is 0 Å². The van der Waals surface area contributed by atoms with Gasteiger partial charge in [0, 0.05) is 5.41 Å². The lowest BCUT2D eigenvalue weighted by molar-refractivity contribution is -0.124. The molecule has 19 heavy (non-hydrogen) atoms. The number of halogens is 1. The van der Waals surface area contributed by atoms with E-state index < -0.39 is 17.2 Å². The largest absolute Gasteiger partial charge is 0.478 e. The van der Waals surface area contributed by atoms with E-state index in [1.54, 1.807) is 0 Å². The average molecular weight is 265 g/mol. The standard InChI is InChI=1S/C14H16FNO3/c1-14(6-2-3-7-14)13(19)16-11-8-9(12(17)18)4-5-10(11)15/h4-5,8H,2-3,6-7H2,1H3,(H,16,19)(H,17,18). The van der Waals surface area contributed by atoms with Gasteiger partial charge in [-0.05, 0) is 31.0 Å². The lowest BCUT2D eigenvalue weighted by Gasteiger charge is -2.22. The number of hydrogen-bond acceptors (Lipinski definition) is 2. The van der Waals surface area contributed by atoms with Crippen molar-refractivity contribution in [1.29, 1.82) is 0 Å². The summed E-state index contributed by atoms with van der Waals surface area (Å²) in [5.41, 5.74) is -0.600. The second-order valence-corrected chi connectivity index (χ2v) is 5.22. The summed E-state index contributed by atoms with van der Waals surface area (Å²) in [4.78, 5) is 23.0. The van der Waals surface area contributed by atoms with Gasteiger partial charge in [0.25, 0.3) is 0 Å². The maximum Gasteiger partial charge on any atom is 0.335 e. The van der Waals surface area contributed by atoms with Gasteiger partial charge in [0.05, 0.1) is 11.3 Å². The number of anilines is 1. The topological polar surface area (TPSA) is 66.4 Å². The molecule has 102 valence electrons. The lowest BCUT2D eigenvalue weighted by Crippen LogP contribution is -2.31. The van der Waals surface area contributed by atoms with Gasteiger partial charge in [0.15, 0.2) is 0 Å². The van der Waals surface area contributed by atoms with Gasteiger partial charge in [0.1, 0.15) is 5.82 Å². The van der Waals surface area contributed by atoms with Gasteiger partial charge in [0.2, 0.25) is 5.91 Å². The maximum absolute atomic E-state index is 13.6. The van der Waals surface area contributed by atoms with Crippen LogP contribution in [-0.2, 0) is 4.79 Å². The van der Waals surface area contributed by atoms with Crippen molar-refractivity contribution in [3.63, 3.8) is 0 Å². The fraction of sp³-hybridized carbons (Fsp3) is 0.429. The summed E-state index contributed by atoms with van der Waals surface area (Å²) in [6, 6.07) is 3.37. The van der Waals surface area contributed by atoms with E-state index in [0.29, 0.717) is 0 Å². The van der Waals surface area contributed by atoms with E-state index in [1.165, 1.54) is 6.07 Å². The highest BCUT2D eigenvalue weighted by Crippen LogP contribution is 2.38. The second-order valence-electron chi connectivity index (χ2n) is 5.22. The summed E-state index contributed by atoms with van der Waals surface area (Å²) in [6.07, 6.45) is 3.53. The van der Waals surface area contributed by atoms with Crippen LogP contribution < -0.4 is 5.32 Å². The van der Waals surface area contributed by atoms with Gasteiger partial charge < -0.3 is 10.4 Å². The van der Waals surface area contributed by atoms with Gasteiger partial charge in [-0.1, -0.05) is 19.8 Å². The van der Waals surface area contributed by atoms with E-state index in [9.17, 15) is 14.0 Å². The molecule has 1 fully saturated rings. The summed E-state index contributed by atoms with van der Waals surface area (Å²) in [5.74, 6) is -2.02. The maximum atomic E-state index is 13.6. The van der Waals surface area contributed by atoms with E-state index in [4.69, 9.17) is 5.11 Å². The summed E-state index contributed by atoms with van der Waals surface area (Å²) >= 11 is 0. The van der Waals surface area contributed by atoms with E-state index in [0.717, 1.165) is 37.8 Å². The molecule has 5 heteroatoms. The molecule has 1 aromatic carbocycles. The molecule has 1 aliphatic rings. The molecule has 0 aliphatic heterocycles. The quantitative estimate of drug-likeness (QED) is 0.882. The van der Waals surface area contributed by atoms with Crippen molar-refractivity contribution >= 4 is 17.6 Å². The van der Waals surface area contributed by atoms with E-state index in [-0.39, 0.29) is 17.2 Å². The fourth-order valence-electron chi connectivity index (χ4n) is 2.41. The van der Waals surface area contributed by atoms with Gasteiger partial charge in [-0.3, -0.25) is 4.79 Å². The molecule has 1 saturated carbocycles. The molecule has 0 spiro atoms. The van der Waals surface area contributed by atoms with E-state index >= 15 is 0 Å². The number of carboxylic acids is 1. The van der Waals surface area contributed by atoms with Crippen LogP contribution in [0.25, 0.3) is 0 Å². The van der Waals surface area contributed by atoms with Crippen molar-refractivity contribution in [3.8, 4) is 0 Å². The molecule has 0 unspecified atom stereocenters. The van der Waals surface area contributed by atoms with Crippen molar-refractivity contribution in [2.45, 2.75) is 32.6 Å². The molecule has 0 saturated heterocycles. The Hall–Kier alpha value is -1.91. The number of aromatic carboxylic acids is 1. The molecule has 0 bridgehead atoms. The van der Waals surface area contributed by atoms with E-state index in [1.807, 2.05) is 6.92 Å². The summed E-state index contributed by atoms with van der Waals surface area (Å²) in [5, 5.41) is 11.4. The van der Waals surface area contributed by atoms with Crippen molar-refractivity contribution < 1.29 is 19.1 Å². The SMILES string of the molecule is CC1(C(=O)Nc2cc(C(=O)O)ccc2F)CCCC1. The van der Waals surface area contributed by atoms with Crippen LogP contribution in [0.2, 0.25) is 0 Å². The third-order valence-corrected chi connectivity index (χ3v) is 3.72. The highest BCUT2D eigenvalue weighted by atomic mass is 19.1. The fourth-order valence-corrected chi connectivity index (χ4v) is 2.41. The normalized spacial score (nSPS) is 17.2. The number of benzene rings is 1. The number of carboxylic acid groups (broad SMARTS) is 1. The summed E-state index contributed by atoms with van der Waals surface area (Å²) in [6.45, 7) is 1.86. The third-order valence-electron chi connectivity index (χ3n) is 3.72. The minimum Gasteiger partial charge on any atom is -0.478 e. The molecule has 1 aliphatic carbocycles. The third kappa shape index (κ3) is 2.75. The highest BCUT2D eigenvalue weighted by molar-refractivity contribution is 5.97. The molecule has 2 rings (SSSR count). The van der Waals surface area contributed by atoms with E-state index in [2.05, 4.69) is 5.32 Å². The van der Waals surface area contributed by atoms with Crippen molar-refractivity contribution in [2.75, 3.05) is 5.32 Å². The molecule has 0 heterocycles. The molecule has 2 N–H and O–H groups in total. The number of rotatable bonds is 3. The highest BCUT2D eigenvalue weighted by Gasteiger charge is 2.36. The van der Waals surface area contributed by atoms with Crippen molar-refractivity contribution in [3.05, 3.63) is 29.6 Å². The summed E-state index contributed by atoms with van der Waals surface area (Å²) < 4.78 is 13.6. The number of carbonyl (C=O) groups is 2. The predicted octanol–water partition coefficient (Wildman–Crippen LogP) is 3.04. The zero-order valence-electron chi connectivity index (χ0n) is 10.7. The Morgan fingerprint density at radius 1 is 1.32 bits per heavy atom.